The minimum atomic E-state index is 0.0530. The van der Waals surface area contributed by atoms with E-state index >= 15 is 0 Å². The monoisotopic (exact) mass is 379 g/mol. The molecule has 2 aliphatic rings. The van der Waals surface area contributed by atoms with Crippen LogP contribution in [0.2, 0.25) is 0 Å². The van der Waals surface area contributed by atoms with Gasteiger partial charge in [0.1, 0.15) is 5.84 Å². The molecule has 0 spiro atoms. The molecule has 0 radical (unpaired) electrons. The van der Waals surface area contributed by atoms with E-state index < -0.39 is 0 Å². The Labute approximate surface area is 166 Å². The highest BCUT2D eigenvalue weighted by Crippen LogP contribution is 2.29. The molecular weight excluding hydrogens is 350 g/mol. The van der Waals surface area contributed by atoms with Crippen molar-refractivity contribution >= 4 is 29.2 Å². The summed E-state index contributed by atoms with van der Waals surface area (Å²) in [5.74, 6) is 1.25. The summed E-state index contributed by atoms with van der Waals surface area (Å²) in [4.78, 5) is 18.3. The molecule has 1 heterocycles. The highest BCUT2D eigenvalue weighted by Gasteiger charge is 2.26. The molecule has 1 aromatic carbocycles. The summed E-state index contributed by atoms with van der Waals surface area (Å²) in [7, 11) is 0. The molecule has 4 N–H and O–H groups in total. The van der Waals surface area contributed by atoms with E-state index in [1.54, 1.807) is 6.92 Å². The van der Waals surface area contributed by atoms with Gasteiger partial charge in [0.05, 0.1) is 12.2 Å². The first-order chi connectivity index (χ1) is 13.5. The van der Waals surface area contributed by atoms with Crippen LogP contribution < -0.4 is 11.1 Å². The van der Waals surface area contributed by atoms with Gasteiger partial charge in [-0.15, -0.1) is 0 Å². The largest absolute Gasteiger partial charge is 0.388 e. The fourth-order valence-electron chi connectivity index (χ4n) is 3.35. The van der Waals surface area contributed by atoms with E-state index in [2.05, 4.69) is 10.3 Å². The first kappa shape index (κ1) is 19.9. The van der Waals surface area contributed by atoms with E-state index in [1.807, 2.05) is 42.2 Å². The van der Waals surface area contributed by atoms with Crippen molar-refractivity contribution in [3.63, 3.8) is 0 Å². The van der Waals surface area contributed by atoms with Gasteiger partial charge in [0.15, 0.2) is 0 Å². The zero-order chi connectivity index (χ0) is 20.1. The van der Waals surface area contributed by atoms with E-state index in [9.17, 15) is 4.79 Å². The van der Waals surface area contributed by atoms with Crippen LogP contribution in [0.15, 0.2) is 46.6 Å². The second-order valence-corrected chi connectivity index (χ2v) is 7.41. The lowest BCUT2D eigenvalue weighted by Crippen LogP contribution is -2.41. The molecule has 1 aliphatic heterocycles. The van der Waals surface area contributed by atoms with E-state index in [-0.39, 0.29) is 5.91 Å². The Balaban J connectivity index is 1.88. The number of amidine groups is 1. The molecule has 6 heteroatoms. The van der Waals surface area contributed by atoms with Gasteiger partial charge in [-0.05, 0) is 49.0 Å². The smallest absolute Gasteiger partial charge is 0.219 e. The Bertz CT molecular complexity index is 848. The molecule has 1 amide bonds. The Kier molecular flexibility index (Phi) is 6.29. The summed E-state index contributed by atoms with van der Waals surface area (Å²) in [5.41, 5.74) is 10.9. The van der Waals surface area contributed by atoms with Crippen molar-refractivity contribution in [2.45, 2.75) is 33.1 Å². The molecule has 6 nitrogen and oxygen atoms in total. The molecule has 1 aliphatic carbocycles. The zero-order valence-electron chi connectivity index (χ0n) is 16.7. The maximum Gasteiger partial charge on any atom is 0.219 e. The van der Waals surface area contributed by atoms with Gasteiger partial charge in [-0.3, -0.25) is 4.79 Å². The van der Waals surface area contributed by atoms with Crippen molar-refractivity contribution in [2.75, 3.05) is 19.6 Å². The van der Waals surface area contributed by atoms with Gasteiger partial charge >= 0.3 is 0 Å². The quantitative estimate of drug-likeness (QED) is 0.501. The van der Waals surface area contributed by atoms with E-state index in [1.165, 1.54) is 19.1 Å². The van der Waals surface area contributed by atoms with Crippen LogP contribution in [-0.4, -0.2) is 42.5 Å². The maximum atomic E-state index is 11.9. The number of amides is 1. The third-order valence-electron chi connectivity index (χ3n) is 5.30. The lowest BCUT2D eigenvalue weighted by molar-refractivity contribution is -0.128. The van der Waals surface area contributed by atoms with E-state index in [4.69, 9.17) is 11.1 Å². The molecule has 148 valence electrons. The molecule has 0 aromatic heterocycles. The van der Waals surface area contributed by atoms with Crippen molar-refractivity contribution < 1.29 is 4.79 Å². The predicted molar refractivity (Wildman–Crippen MR) is 115 cm³/mol. The summed E-state index contributed by atoms with van der Waals surface area (Å²) in [6.07, 6.45) is 6.57. The van der Waals surface area contributed by atoms with Crippen molar-refractivity contribution in [1.29, 1.82) is 5.41 Å². The predicted octanol–water partition coefficient (Wildman–Crippen LogP) is 3.23. The average molecular weight is 380 g/mol. The maximum absolute atomic E-state index is 11.9. The normalized spacial score (nSPS) is 18.3. The second kappa shape index (κ2) is 8.87. The van der Waals surface area contributed by atoms with Crippen LogP contribution in [-0.2, 0) is 4.79 Å². The van der Waals surface area contributed by atoms with Crippen molar-refractivity contribution in [3.8, 4) is 0 Å². The molecule has 0 atom stereocenters. The highest BCUT2D eigenvalue weighted by molar-refractivity contribution is 6.08. The zero-order valence-corrected chi connectivity index (χ0v) is 16.7. The molecular formula is C22H29N5O. The number of nitrogens with zero attached hydrogens (tertiary/aromatic N) is 2. The van der Waals surface area contributed by atoms with E-state index in [0.29, 0.717) is 18.9 Å². The number of aliphatic imine (C=N–C) groups is 1. The van der Waals surface area contributed by atoms with Crippen molar-refractivity contribution in [2.24, 2.45) is 16.6 Å². The molecule has 1 aromatic rings. The van der Waals surface area contributed by atoms with E-state index in [0.717, 1.165) is 47.0 Å². The van der Waals surface area contributed by atoms with Crippen LogP contribution in [0.4, 0.5) is 5.69 Å². The number of allylic oxidation sites excluding steroid dienone is 2. The van der Waals surface area contributed by atoms with Gasteiger partial charge in [0, 0.05) is 43.9 Å². The number of rotatable bonds is 7. The lowest BCUT2D eigenvalue weighted by atomic mass is 10.0. The fourth-order valence-corrected chi connectivity index (χ4v) is 3.35. The number of nitrogens with one attached hydrogen (secondary N) is 2. The Morgan fingerprint density at radius 3 is 2.86 bits per heavy atom. The van der Waals surface area contributed by atoms with Gasteiger partial charge in [-0.2, -0.15) is 0 Å². The SMILES string of the molecule is C/C=C(\C=N)c1cccc(N=C(N)C2=C(NCC3CC3)CCN(C(C)=O)C2)c1. The standard InChI is InChI=1S/C22H29N5O/c1-3-17(12-23)18-5-4-6-19(11-18)26-22(24)20-14-27(15(2)28)10-9-21(20)25-13-16-7-8-16/h3-6,11-12,16,23,25H,7-10,13-14H2,1-2H3,(H2,24,26)/b17-3+,23-12?. The molecule has 0 unspecified atom stereocenters. The Morgan fingerprint density at radius 2 is 2.21 bits per heavy atom. The Morgan fingerprint density at radius 1 is 1.43 bits per heavy atom. The number of carbonyl (C=O) groups excluding carboxylic acids is 1. The lowest BCUT2D eigenvalue weighted by Gasteiger charge is -2.30. The molecule has 1 fully saturated rings. The van der Waals surface area contributed by atoms with Crippen LogP contribution in [0.3, 0.4) is 0 Å². The summed E-state index contributed by atoms with van der Waals surface area (Å²) in [5, 5.41) is 11.1. The number of nitrogens with two attached hydrogens (primary N) is 1. The molecule has 0 bridgehead atoms. The third kappa shape index (κ3) is 4.88. The van der Waals surface area contributed by atoms with Crippen LogP contribution in [0.1, 0.15) is 38.7 Å². The molecule has 28 heavy (non-hydrogen) atoms. The average Bonchev–Trinajstić information content (AvgIpc) is 3.52. The molecule has 1 saturated carbocycles. The van der Waals surface area contributed by atoms with Gasteiger partial charge in [0.2, 0.25) is 5.91 Å². The van der Waals surface area contributed by atoms with Crippen molar-refractivity contribution in [1.82, 2.24) is 10.2 Å². The van der Waals surface area contributed by atoms with Crippen LogP contribution in [0.25, 0.3) is 5.57 Å². The number of hydrogen-bond donors (Lipinski definition) is 3. The summed E-state index contributed by atoms with van der Waals surface area (Å²) < 4.78 is 0. The van der Waals surface area contributed by atoms with Crippen LogP contribution in [0.5, 0.6) is 0 Å². The molecule has 0 saturated heterocycles. The summed E-state index contributed by atoms with van der Waals surface area (Å²) in [6.45, 7) is 5.65. The van der Waals surface area contributed by atoms with Gasteiger partial charge in [-0.1, -0.05) is 18.2 Å². The summed E-state index contributed by atoms with van der Waals surface area (Å²) in [6, 6.07) is 7.70. The first-order valence-electron chi connectivity index (χ1n) is 9.85. The van der Waals surface area contributed by atoms with Crippen molar-refractivity contribution in [3.05, 3.63) is 47.2 Å². The summed E-state index contributed by atoms with van der Waals surface area (Å²) >= 11 is 0. The minimum Gasteiger partial charge on any atom is -0.388 e. The van der Waals surface area contributed by atoms with Gasteiger partial charge < -0.3 is 21.4 Å². The minimum absolute atomic E-state index is 0.0530. The first-order valence-corrected chi connectivity index (χ1v) is 9.85. The number of benzene rings is 1. The highest BCUT2D eigenvalue weighted by atomic mass is 16.2. The van der Waals surface area contributed by atoms with Gasteiger partial charge in [0.25, 0.3) is 0 Å². The number of hydrogen-bond acceptors (Lipinski definition) is 4. The molecule has 3 rings (SSSR count). The van der Waals surface area contributed by atoms with Crippen LogP contribution in [0, 0.1) is 11.3 Å². The topological polar surface area (TPSA) is 94.6 Å². The van der Waals surface area contributed by atoms with Gasteiger partial charge in [-0.25, -0.2) is 4.99 Å². The Hall–Kier alpha value is -2.89. The van der Waals surface area contributed by atoms with Crippen LogP contribution >= 0.6 is 0 Å². The second-order valence-electron chi connectivity index (χ2n) is 7.41. The third-order valence-corrected chi connectivity index (χ3v) is 5.30. The fraction of sp³-hybridized carbons (Fsp3) is 0.409. The number of carbonyl (C=O) groups is 1.